The maximum Gasteiger partial charge on any atom is 0.303 e. The van der Waals surface area contributed by atoms with Crippen LogP contribution in [-0.4, -0.2) is 11.1 Å². The van der Waals surface area contributed by atoms with Crippen LogP contribution in [0.15, 0.2) is 12.2 Å². The van der Waals surface area contributed by atoms with E-state index in [1.807, 2.05) is 6.08 Å². The van der Waals surface area contributed by atoms with Gasteiger partial charge in [0.15, 0.2) is 0 Å². The Morgan fingerprint density at radius 3 is 2.45 bits per heavy atom. The third-order valence-corrected chi connectivity index (χ3v) is 2.48. The number of aliphatic carboxylic acids is 1. The molecule has 0 radical (unpaired) electrons. The molecule has 0 atom stereocenters. The van der Waals surface area contributed by atoms with Crippen molar-refractivity contribution in [1.29, 1.82) is 0 Å². The summed E-state index contributed by atoms with van der Waals surface area (Å²) in [6.07, 6.45) is 10.9. The monoisotopic (exact) mass is 270 g/mol. The summed E-state index contributed by atoms with van der Waals surface area (Å²) in [5.74, 6) is 16.0. The van der Waals surface area contributed by atoms with E-state index < -0.39 is 5.97 Å². The molecule has 0 unspecified atom stereocenters. The van der Waals surface area contributed by atoms with Crippen LogP contribution in [0.1, 0.15) is 58.3 Å². The van der Waals surface area contributed by atoms with Crippen LogP contribution in [0.5, 0.6) is 0 Å². The number of hydrogen-bond acceptors (Lipinski definition) is 1. The van der Waals surface area contributed by atoms with Crippen molar-refractivity contribution in [2.75, 3.05) is 0 Å². The lowest BCUT2D eigenvalue weighted by molar-refractivity contribution is -0.137. The summed E-state index contributed by atoms with van der Waals surface area (Å²) >= 11 is 0. The minimum absolute atomic E-state index is 0.282. The number of rotatable bonds is 8. The van der Waals surface area contributed by atoms with Crippen molar-refractivity contribution in [1.82, 2.24) is 0 Å². The molecule has 0 aromatic heterocycles. The molecule has 20 heavy (non-hydrogen) atoms. The largest absolute Gasteiger partial charge is 0.481 e. The van der Waals surface area contributed by atoms with Gasteiger partial charge in [0, 0.05) is 12.8 Å². The first-order chi connectivity index (χ1) is 9.77. The number of allylic oxidation sites excluding steroid dienone is 2. The van der Waals surface area contributed by atoms with Crippen LogP contribution >= 0.6 is 0 Å². The summed E-state index contributed by atoms with van der Waals surface area (Å²) in [5.41, 5.74) is 0. The normalized spacial score (nSPS) is 8.85. The molecule has 0 bridgehead atoms. The van der Waals surface area contributed by atoms with Crippen molar-refractivity contribution in [2.45, 2.75) is 58.3 Å². The van der Waals surface area contributed by atoms with Gasteiger partial charge in [-0.3, -0.25) is 4.79 Å². The Labute approximate surface area is 122 Å². The molecule has 0 aromatic rings. The van der Waals surface area contributed by atoms with E-state index in [2.05, 4.69) is 42.4 Å². The van der Waals surface area contributed by atoms with Crippen molar-refractivity contribution in [3.05, 3.63) is 12.2 Å². The van der Waals surface area contributed by atoms with E-state index >= 15 is 0 Å². The van der Waals surface area contributed by atoms with Crippen LogP contribution in [-0.2, 0) is 4.79 Å². The zero-order valence-corrected chi connectivity index (χ0v) is 12.2. The quantitative estimate of drug-likeness (QED) is 0.538. The fourth-order valence-corrected chi connectivity index (χ4v) is 1.44. The Hall–Kier alpha value is -2.11. The summed E-state index contributed by atoms with van der Waals surface area (Å²) < 4.78 is 0. The molecule has 2 nitrogen and oxygen atoms in total. The van der Waals surface area contributed by atoms with Crippen LogP contribution in [0.3, 0.4) is 0 Å². The van der Waals surface area contributed by atoms with Gasteiger partial charge in [0.1, 0.15) is 0 Å². The molecule has 0 saturated heterocycles. The molecule has 1 N–H and O–H groups in total. The number of carboxylic acids is 1. The van der Waals surface area contributed by atoms with Crippen molar-refractivity contribution >= 4 is 5.97 Å². The first-order valence-corrected chi connectivity index (χ1v) is 7.12. The Kier molecular flexibility index (Phi) is 13.4. The predicted molar refractivity (Wildman–Crippen MR) is 82.7 cm³/mol. The number of carbonyl (C=O) groups is 1. The van der Waals surface area contributed by atoms with Gasteiger partial charge in [-0.1, -0.05) is 44.1 Å². The average molecular weight is 270 g/mol. The maximum absolute atomic E-state index is 10.3. The fraction of sp³-hybridized carbons (Fsp3) is 0.500. The van der Waals surface area contributed by atoms with Crippen molar-refractivity contribution in [2.24, 2.45) is 0 Å². The Balaban J connectivity index is 3.49. The third kappa shape index (κ3) is 15.9. The summed E-state index contributed by atoms with van der Waals surface area (Å²) in [6, 6.07) is 0. The first-order valence-electron chi connectivity index (χ1n) is 7.12. The molecule has 0 spiro atoms. The number of unbranched alkanes of at least 4 members (excludes halogenated alkanes) is 5. The lowest BCUT2D eigenvalue weighted by atomic mass is 10.1. The summed E-state index contributed by atoms with van der Waals surface area (Å²) in [4.78, 5) is 10.3. The van der Waals surface area contributed by atoms with E-state index in [0.29, 0.717) is 0 Å². The average Bonchev–Trinajstić information content (AvgIpc) is 2.43. The highest BCUT2D eigenvalue weighted by atomic mass is 16.4. The van der Waals surface area contributed by atoms with Crippen LogP contribution in [0.25, 0.3) is 0 Å². The summed E-state index contributed by atoms with van der Waals surface area (Å²) in [6.45, 7) is 2.06. The van der Waals surface area contributed by atoms with Gasteiger partial charge >= 0.3 is 5.97 Å². The van der Waals surface area contributed by atoms with Gasteiger partial charge < -0.3 is 5.11 Å². The fourth-order valence-electron chi connectivity index (χ4n) is 1.44. The van der Waals surface area contributed by atoms with Crippen LogP contribution in [0, 0.1) is 35.5 Å². The molecule has 0 amide bonds. The first kappa shape index (κ1) is 17.9. The minimum atomic E-state index is -0.706. The molecule has 0 aliphatic rings. The molecule has 0 fully saturated rings. The molecule has 0 aromatic carbocycles. The second kappa shape index (κ2) is 14.9. The zero-order valence-electron chi connectivity index (χ0n) is 12.2. The lowest BCUT2D eigenvalue weighted by Crippen LogP contribution is -1.93. The highest BCUT2D eigenvalue weighted by Crippen LogP contribution is 2.06. The Bertz CT molecular complexity index is 467. The van der Waals surface area contributed by atoms with Gasteiger partial charge in [-0.2, -0.15) is 0 Å². The van der Waals surface area contributed by atoms with Crippen LogP contribution in [0.4, 0.5) is 0 Å². The molecule has 0 aliphatic heterocycles. The highest BCUT2D eigenvalue weighted by molar-refractivity contribution is 5.66. The zero-order chi connectivity index (χ0) is 14.9. The smallest absolute Gasteiger partial charge is 0.303 e. The number of carboxylic acid groups (broad SMARTS) is 1. The van der Waals surface area contributed by atoms with Crippen LogP contribution < -0.4 is 0 Å². The van der Waals surface area contributed by atoms with Gasteiger partial charge in [0.05, 0.1) is 0 Å². The predicted octanol–water partition coefficient (Wildman–Crippen LogP) is 3.78. The van der Waals surface area contributed by atoms with Crippen molar-refractivity contribution in [3.8, 4) is 35.5 Å². The Morgan fingerprint density at radius 1 is 1.00 bits per heavy atom. The molecular weight excluding hydrogens is 248 g/mol. The third-order valence-electron chi connectivity index (χ3n) is 2.48. The molecule has 0 heterocycles. The summed E-state index contributed by atoms with van der Waals surface area (Å²) in [7, 11) is 0. The Morgan fingerprint density at radius 2 is 1.70 bits per heavy atom. The van der Waals surface area contributed by atoms with Gasteiger partial charge in [-0.15, -0.1) is 0 Å². The molecule has 106 valence electrons. The minimum Gasteiger partial charge on any atom is -0.481 e. The maximum atomic E-state index is 10.3. The van der Waals surface area contributed by atoms with Gasteiger partial charge in [0.2, 0.25) is 0 Å². The van der Waals surface area contributed by atoms with Gasteiger partial charge in [-0.25, -0.2) is 0 Å². The van der Waals surface area contributed by atoms with Crippen molar-refractivity contribution < 1.29 is 9.90 Å². The van der Waals surface area contributed by atoms with Gasteiger partial charge in [-0.05, 0) is 49.0 Å². The number of hydrogen-bond donors (Lipinski definition) is 1. The molecule has 0 aliphatic carbocycles. The van der Waals surface area contributed by atoms with E-state index in [9.17, 15) is 4.79 Å². The molecule has 2 heteroatoms. The van der Waals surface area contributed by atoms with E-state index in [-0.39, 0.29) is 6.42 Å². The van der Waals surface area contributed by atoms with E-state index in [1.54, 1.807) is 6.08 Å². The lowest BCUT2D eigenvalue weighted by Gasteiger charge is -1.96. The second-order valence-corrected chi connectivity index (χ2v) is 4.29. The molecule has 0 rings (SSSR count). The van der Waals surface area contributed by atoms with Gasteiger partial charge in [0.25, 0.3) is 0 Å². The van der Waals surface area contributed by atoms with Crippen molar-refractivity contribution in [3.63, 3.8) is 0 Å². The van der Waals surface area contributed by atoms with E-state index in [4.69, 9.17) is 5.11 Å². The van der Waals surface area contributed by atoms with E-state index in [1.165, 1.54) is 0 Å². The van der Waals surface area contributed by atoms with E-state index in [0.717, 1.165) is 44.9 Å². The summed E-state index contributed by atoms with van der Waals surface area (Å²) in [5, 5.41) is 8.47. The highest BCUT2D eigenvalue weighted by Gasteiger charge is 1.95. The molecule has 0 saturated carbocycles. The molecular formula is C18H22O2. The standard InChI is InChI=1S/C18H22O2/c1-2-3-4-5-6-7-8-9-10-11-12-13-14-15-16-17-18(19)20/h3-4H,2,11-17H2,1H3,(H,19,20)/b4-3-. The second-order valence-electron chi connectivity index (χ2n) is 4.29. The topological polar surface area (TPSA) is 37.3 Å². The van der Waals surface area contributed by atoms with Crippen LogP contribution in [0.2, 0.25) is 0 Å². The SMILES string of the molecule is CC/C=C\C#CC#CC#CCCCCCCCC(=O)O.